The van der Waals surface area contributed by atoms with E-state index >= 15 is 0 Å². The Morgan fingerprint density at radius 1 is 1.16 bits per heavy atom. The summed E-state index contributed by atoms with van der Waals surface area (Å²) in [5.74, 6) is 1.80. The highest BCUT2D eigenvalue weighted by molar-refractivity contribution is 5.94. The van der Waals surface area contributed by atoms with Gasteiger partial charge in [0, 0.05) is 12.1 Å². The highest BCUT2D eigenvalue weighted by Gasteiger charge is 2.26. The maximum absolute atomic E-state index is 12.6. The lowest BCUT2D eigenvalue weighted by molar-refractivity contribution is 0.0933. The predicted octanol–water partition coefficient (Wildman–Crippen LogP) is 3.19. The van der Waals surface area contributed by atoms with Crippen LogP contribution in [0, 0.1) is 6.92 Å². The monoisotopic (exact) mass is 340 g/mol. The first kappa shape index (κ1) is 16.4. The summed E-state index contributed by atoms with van der Waals surface area (Å²) in [6.07, 6.45) is 2.41. The molecule has 1 amide bonds. The third kappa shape index (κ3) is 3.48. The molecule has 1 N–H and O–H groups in total. The Bertz CT molecular complexity index is 762. The van der Waals surface area contributed by atoms with Crippen molar-refractivity contribution < 1.29 is 13.9 Å². The van der Waals surface area contributed by atoms with Crippen molar-refractivity contribution in [2.24, 2.45) is 0 Å². The fourth-order valence-electron chi connectivity index (χ4n) is 3.70. The maximum Gasteiger partial charge on any atom is 0.251 e. The zero-order chi connectivity index (χ0) is 17.2. The molecule has 1 atom stereocenters. The Morgan fingerprint density at radius 2 is 1.96 bits per heavy atom. The summed E-state index contributed by atoms with van der Waals surface area (Å²) in [5.41, 5.74) is 2.99. The maximum atomic E-state index is 12.6. The minimum Gasteiger partial charge on any atom is -0.465 e. The molecular weight excluding hydrogens is 316 g/mol. The van der Waals surface area contributed by atoms with Crippen molar-refractivity contribution in [2.75, 3.05) is 19.6 Å². The standard InChI is InChI=1S/C20H24N2O3/c1-14-4-7-19(25-14)18(22-8-2-3-9-22)11-21-20(23)15-5-6-16-12-24-13-17(16)10-15/h4-7,10,18H,2-3,8-9,11-13H2,1H3,(H,21,23)/t18-/m1/s1. The zero-order valence-corrected chi connectivity index (χ0v) is 14.6. The van der Waals surface area contributed by atoms with Crippen LogP contribution in [-0.4, -0.2) is 30.4 Å². The van der Waals surface area contributed by atoms with Crippen LogP contribution in [-0.2, 0) is 18.0 Å². The molecule has 3 heterocycles. The molecule has 4 rings (SSSR count). The van der Waals surface area contributed by atoms with Gasteiger partial charge in [-0.15, -0.1) is 0 Å². The molecule has 0 bridgehead atoms. The fourth-order valence-corrected chi connectivity index (χ4v) is 3.70. The van der Waals surface area contributed by atoms with Crippen molar-refractivity contribution in [1.82, 2.24) is 10.2 Å². The molecule has 25 heavy (non-hydrogen) atoms. The Balaban J connectivity index is 1.46. The second kappa shape index (κ2) is 7.02. The molecule has 1 fully saturated rings. The van der Waals surface area contributed by atoms with Crippen LogP contribution in [0.5, 0.6) is 0 Å². The number of ether oxygens (including phenoxy) is 1. The summed E-state index contributed by atoms with van der Waals surface area (Å²) in [7, 11) is 0. The molecule has 132 valence electrons. The number of benzene rings is 1. The molecule has 2 aliphatic heterocycles. The van der Waals surface area contributed by atoms with E-state index in [4.69, 9.17) is 9.15 Å². The van der Waals surface area contributed by atoms with Crippen molar-refractivity contribution in [3.63, 3.8) is 0 Å². The van der Waals surface area contributed by atoms with E-state index in [1.165, 1.54) is 18.4 Å². The van der Waals surface area contributed by atoms with Gasteiger partial charge >= 0.3 is 0 Å². The number of carbonyl (C=O) groups is 1. The highest BCUT2D eigenvalue weighted by atomic mass is 16.5. The summed E-state index contributed by atoms with van der Waals surface area (Å²) >= 11 is 0. The van der Waals surface area contributed by atoms with Crippen molar-refractivity contribution in [3.05, 3.63) is 58.5 Å². The zero-order valence-electron chi connectivity index (χ0n) is 14.6. The summed E-state index contributed by atoms with van der Waals surface area (Å²) in [4.78, 5) is 15.0. The second-order valence-corrected chi connectivity index (χ2v) is 6.89. The first-order valence-corrected chi connectivity index (χ1v) is 8.99. The number of nitrogens with zero attached hydrogens (tertiary/aromatic N) is 1. The first-order chi connectivity index (χ1) is 12.2. The molecule has 1 aromatic heterocycles. The van der Waals surface area contributed by atoms with Gasteiger partial charge < -0.3 is 14.5 Å². The van der Waals surface area contributed by atoms with Crippen LogP contribution in [0.25, 0.3) is 0 Å². The van der Waals surface area contributed by atoms with E-state index < -0.39 is 0 Å². The fraction of sp³-hybridized carbons (Fsp3) is 0.450. The Kier molecular flexibility index (Phi) is 4.59. The Hall–Kier alpha value is -2.11. The molecule has 5 nitrogen and oxygen atoms in total. The normalized spacial score (nSPS) is 18.3. The van der Waals surface area contributed by atoms with Crippen LogP contribution in [0.1, 0.15) is 51.9 Å². The number of furan rings is 1. The number of hydrogen-bond acceptors (Lipinski definition) is 4. The summed E-state index contributed by atoms with van der Waals surface area (Å²) in [6.45, 7) is 5.85. The van der Waals surface area contributed by atoms with Crippen LogP contribution < -0.4 is 5.32 Å². The van der Waals surface area contributed by atoms with Crippen molar-refractivity contribution in [2.45, 2.75) is 39.0 Å². The molecule has 1 saturated heterocycles. The van der Waals surface area contributed by atoms with Gasteiger partial charge in [-0.2, -0.15) is 0 Å². The van der Waals surface area contributed by atoms with E-state index in [-0.39, 0.29) is 11.9 Å². The molecule has 2 aromatic rings. The van der Waals surface area contributed by atoms with Crippen LogP contribution >= 0.6 is 0 Å². The van der Waals surface area contributed by atoms with E-state index in [1.807, 2.05) is 37.3 Å². The van der Waals surface area contributed by atoms with E-state index in [0.717, 1.165) is 30.2 Å². The minimum absolute atomic E-state index is 0.0397. The first-order valence-electron chi connectivity index (χ1n) is 8.99. The molecule has 0 saturated carbocycles. The molecule has 0 unspecified atom stereocenters. The van der Waals surface area contributed by atoms with E-state index in [0.29, 0.717) is 25.3 Å². The topological polar surface area (TPSA) is 54.7 Å². The summed E-state index contributed by atoms with van der Waals surface area (Å²) in [5, 5.41) is 3.09. The van der Waals surface area contributed by atoms with E-state index in [1.54, 1.807) is 0 Å². The number of nitrogens with one attached hydrogen (secondary N) is 1. The molecule has 0 aliphatic carbocycles. The third-order valence-electron chi connectivity index (χ3n) is 5.11. The third-order valence-corrected chi connectivity index (χ3v) is 5.11. The quantitative estimate of drug-likeness (QED) is 0.908. The summed E-state index contributed by atoms with van der Waals surface area (Å²) in [6, 6.07) is 9.92. The van der Waals surface area contributed by atoms with Gasteiger partial charge in [0.1, 0.15) is 11.5 Å². The molecular formula is C20H24N2O3. The van der Waals surface area contributed by atoms with Crippen LogP contribution in [0.2, 0.25) is 0 Å². The number of fused-ring (bicyclic) bond motifs is 1. The Labute approximate surface area is 148 Å². The Morgan fingerprint density at radius 3 is 2.72 bits per heavy atom. The van der Waals surface area contributed by atoms with Gasteiger partial charge in [0.15, 0.2) is 0 Å². The lowest BCUT2D eigenvalue weighted by Gasteiger charge is -2.26. The van der Waals surface area contributed by atoms with Crippen LogP contribution in [0.4, 0.5) is 0 Å². The van der Waals surface area contributed by atoms with Gasteiger partial charge in [-0.1, -0.05) is 6.07 Å². The minimum atomic E-state index is -0.0397. The number of carbonyl (C=O) groups excluding carboxylic acids is 1. The van der Waals surface area contributed by atoms with Crippen molar-refractivity contribution in [3.8, 4) is 0 Å². The molecule has 2 aliphatic rings. The summed E-state index contributed by atoms with van der Waals surface area (Å²) < 4.78 is 11.3. The second-order valence-electron chi connectivity index (χ2n) is 6.89. The average molecular weight is 340 g/mol. The van der Waals surface area contributed by atoms with Gasteiger partial charge in [0.25, 0.3) is 5.91 Å². The molecule has 0 radical (unpaired) electrons. The van der Waals surface area contributed by atoms with Crippen molar-refractivity contribution >= 4 is 5.91 Å². The van der Waals surface area contributed by atoms with Crippen LogP contribution in [0.15, 0.2) is 34.7 Å². The number of hydrogen-bond donors (Lipinski definition) is 1. The largest absolute Gasteiger partial charge is 0.465 e. The van der Waals surface area contributed by atoms with Crippen molar-refractivity contribution in [1.29, 1.82) is 0 Å². The average Bonchev–Trinajstić information content (AvgIpc) is 3.36. The number of aryl methyl sites for hydroxylation is 1. The SMILES string of the molecule is Cc1ccc([C@@H](CNC(=O)c2ccc3c(c2)COC3)N2CCCC2)o1. The predicted molar refractivity (Wildman–Crippen MR) is 94.3 cm³/mol. The van der Waals surface area contributed by atoms with E-state index in [2.05, 4.69) is 10.2 Å². The smallest absolute Gasteiger partial charge is 0.251 e. The molecule has 5 heteroatoms. The number of rotatable bonds is 5. The highest BCUT2D eigenvalue weighted by Crippen LogP contribution is 2.26. The van der Waals surface area contributed by atoms with Gasteiger partial charge in [-0.05, 0) is 68.2 Å². The van der Waals surface area contributed by atoms with E-state index in [9.17, 15) is 4.79 Å². The van der Waals surface area contributed by atoms with Gasteiger partial charge in [0.2, 0.25) is 0 Å². The lowest BCUT2D eigenvalue weighted by atomic mass is 10.1. The van der Waals surface area contributed by atoms with Crippen LogP contribution in [0.3, 0.4) is 0 Å². The molecule has 1 aromatic carbocycles. The molecule has 0 spiro atoms. The lowest BCUT2D eigenvalue weighted by Crippen LogP contribution is -2.36. The van der Waals surface area contributed by atoms with Gasteiger partial charge in [-0.25, -0.2) is 0 Å². The number of likely N-dealkylation sites (tertiary alicyclic amines) is 1. The van der Waals surface area contributed by atoms with Gasteiger partial charge in [0.05, 0.1) is 19.3 Å². The van der Waals surface area contributed by atoms with Gasteiger partial charge in [-0.3, -0.25) is 9.69 Å². The number of amides is 1.